The van der Waals surface area contributed by atoms with Gasteiger partial charge in [-0.05, 0) is 41.3 Å². The van der Waals surface area contributed by atoms with E-state index in [4.69, 9.17) is 11.6 Å². The molecule has 150 valence electrons. The van der Waals surface area contributed by atoms with Crippen molar-refractivity contribution in [3.05, 3.63) is 75.9 Å². The molecule has 0 saturated carbocycles. The lowest BCUT2D eigenvalue weighted by molar-refractivity contribution is 0.0703. The van der Waals surface area contributed by atoms with E-state index < -0.39 is 10.0 Å². The number of carbonyl (C=O) groups is 1. The Bertz CT molecular complexity index is 1100. The third-order valence-electron chi connectivity index (χ3n) is 4.92. The second kappa shape index (κ2) is 8.28. The molecule has 0 radical (unpaired) electrons. The topological polar surface area (TPSA) is 57.7 Å². The van der Waals surface area contributed by atoms with Gasteiger partial charge in [-0.2, -0.15) is 4.31 Å². The van der Waals surface area contributed by atoms with E-state index in [2.05, 4.69) is 0 Å². The predicted molar refractivity (Wildman–Crippen MR) is 116 cm³/mol. The summed E-state index contributed by atoms with van der Waals surface area (Å²) in [6.07, 6.45) is 0. The number of carbonyl (C=O) groups excluding carboxylic acids is 1. The molecule has 8 heteroatoms. The second-order valence-electron chi connectivity index (χ2n) is 6.68. The van der Waals surface area contributed by atoms with Gasteiger partial charge >= 0.3 is 0 Å². The fourth-order valence-corrected chi connectivity index (χ4v) is 5.78. The van der Waals surface area contributed by atoms with Crippen LogP contribution in [0, 0.1) is 0 Å². The van der Waals surface area contributed by atoms with Gasteiger partial charge in [0.05, 0.1) is 9.77 Å². The van der Waals surface area contributed by atoms with Gasteiger partial charge in [0.1, 0.15) is 0 Å². The lowest BCUT2D eigenvalue weighted by Crippen LogP contribution is -2.50. The SMILES string of the molecule is O=C(c1sccc1-c1ccccc1)N1CCN(S(=O)(=O)c2ccc(Cl)cc2)CC1. The number of piperazine rings is 1. The van der Waals surface area contributed by atoms with Crippen LogP contribution in [0.25, 0.3) is 11.1 Å². The molecule has 3 aromatic rings. The fraction of sp³-hybridized carbons (Fsp3) is 0.190. The van der Waals surface area contributed by atoms with Gasteiger partial charge < -0.3 is 4.90 Å². The maximum Gasteiger partial charge on any atom is 0.264 e. The van der Waals surface area contributed by atoms with Crippen molar-refractivity contribution >= 4 is 38.9 Å². The van der Waals surface area contributed by atoms with E-state index in [-0.39, 0.29) is 23.9 Å². The average molecular weight is 447 g/mol. The Morgan fingerprint density at radius 1 is 0.897 bits per heavy atom. The highest BCUT2D eigenvalue weighted by atomic mass is 35.5. The molecule has 1 aromatic heterocycles. The lowest BCUT2D eigenvalue weighted by atomic mass is 10.1. The van der Waals surface area contributed by atoms with Crippen LogP contribution in [0.3, 0.4) is 0 Å². The van der Waals surface area contributed by atoms with Crippen molar-refractivity contribution in [2.24, 2.45) is 0 Å². The summed E-state index contributed by atoms with van der Waals surface area (Å²) in [5, 5.41) is 2.40. The summed E-state index contributed by atoms with van der Waals surface area (Å²) >= 11 is 7.27. The quantitative estimate of drug-likeness (QED) is 0.603. The van der Waals surface area contributed by atoms with Crippen LogP contribution in [0.5, 0.6) is 0 Å². The van der Waals surface area contributed by atoms with Gasteiger partial charge in [-0.15, -0.1) is 11.3 Å². The number of hydrogen-bond acceptors (Lipinski definition) is 4. The number of amides is 1. The van der Waals surface area contributed by atoms with Gasteiger partial charge in [0.25, 0.3) is 5.91 Å². The van der Waals surface area contributed by atoms with Crippen molar-refractivity contribution in [2.45, 2.75) is 4.90 Å². The minimum absolute atomic E-state index is 0.0533. The van der Waals surface area contributed by atoms with Gasteiger partial charge in [-0.1, -0.05) is 41.9 Å². The molecule has 0 N–H and O–H groups in total. The molecule has 0 aliphatic carbocycles. The normalized spacial score (nSPS) is 15.4. The molecule has 29 heavy (non-hydrogen) atoms. The van der Waals surface area contributed by atoms with Crippen LogP contribution in [0.1, 0.15) is 9.67 Å². The van der Waals surface area contributed by atoms with E-state index in [1.54, 1.807) is 17.0 Å². The minimum Gasteiger partial charge on any atom is -0.335 e. The molecule has 1 fully saturated rings. The largest absolute Gasteiger partial charge is 0.335 e. The standard InChI is InChI=1S/C21H19ClN2O3S2/c22-17-6-8-18(9-7-17)29(26,27)24-13-11-23(12-14-24)21(25)20-19(10-15-28-20)16-4-2-1-3-5-16/h1-10,15H,11-14H2. The maximum atomic E-state index is 13.1. The number of benzene rings is 2. The van der Waals surface area contributed by atoms with Crippen LogP contribution < -0.4 is 0 Å². The summed E-state index contributed by atoms with van der Waals surface area (Å²) in [5.74, 6) is -0.0533. The van der Waals surface area contributed by atoms with Crippen molar-refractivity contribution in [1.82, 2.24) is 9.21 Å². The van der Waals surface area contributed by atoms with Gasteiger partial charge in [-0.3, -0.25) is 4.79 Å². The van der Waals surface area contributed by atoms with Gasteiger partial charge in [0, 0.05) is 36.8 Å². The van der Waals surface area contributed by atoms with Crippen LogP contribution in [-0.2, 0) is 10.0 Å². The molecule has 2 heterocycles. The van der Waals surface area contributed by atoms with Gasteiger partial charge in [0.15, 0.2) is 0 Å². The smallest absolute Gasteiger partial charge is 0.264 e. The Kier molecular flexibility index (Phi) is 5.74. The number of thiophene rings is 1. The molecule has 4 rings (SSSR count). The highest BCUT2D eigenvalue weighted by Crippen LogP contribution is 2.30. The Labute approximate surface area is 179 Å². The van der Waals surface area contributed by atoms with Crippen molar-refractivity contribution in [1.29, 1.82) is 0 Å². The first-order valence-electron chi connectivity index (χ1n) is 9.15. The average Bonchev–Trinajstić information content (AvgIpc) is 3.24. The monoisotopic (exact) mass is 446 g/mol. The lowest BCUT2D eigenvalue weighted by Gasteiger charge is -2.34. The summed E-state index contributed by atoms with van der Waals surface area (Å²) in [5.41, 5.74) is 1.91. The highest BCUT2D eigenvalue weighted by molar-refractivity contribution is 7.89. The molecule has 5 nitrogen and oxygen atoms in total. The maximum absolute atomic E-state index is 13.1. The molecule has 0 bridgehead atoms. The summed E-state index contributed by atoms with van der Waals surface area (Å²) < 4.78 is 27.1. The Morgan fingerprint density at radius 2 is 1.55 bits per heavy atom. The number of nitrogens with zero attached hydrogens (tertiary/aromatic N) is 2. The Balaban J connectivity index is 1.47. The predicted octanol–water partition coefficient (Wildman–Crippen LogP) is 4.22. The van der Waals surface area contributed by atoms with Gasteiger partial charge in [0.2, 0.25) is 10.0 Å². The minimum atomic E-state index is -3.59. The zero-order valence-electron chi connectivity index (χ0n) is 15.5. The fourth-order valence-electron chi connectivity index (χ4n) is 3.35. The van der Waals surface area contributed by atoms with Crippen molar-refractivity contribution < 1.29 is 13.2 Å². The zero-order valence-corrected chi connectivity index (χ0v) is 17.9. The van der Waals surface area contributed by atoms with Crippen LogP contribution in [0.15, 0.2) is 70.9 Å². The molecule has 1 aliphatic rings. The molecule has 1 saturated heterocycles. The third-order valence-corrected chi connectivity index (χ3v) is 7.99. The molecule has 1 amide bonds. The van der Waals surface area contributed by atoms with Gasteiger partial charge in [-0.25, -0.2) is 8.42 Å². The van der Waals surface area contributed by atoms with E-state index in [9.17, 15) is 13.2 Å². The molecule has 2 aromatic carbocycles. The van der Waals surface area contributed by atoms with E-state index in [0.717, 1.165) is 11.1 Å². The zero-order chi connectivity index (χ0) is 20.4. The first-order valence-corrected chi connectivity index (χ1v) is 11.8. The molecule has 0 unspecified atom stereocenters. The van der Waals surface area contributed by atoms with Crippen LogP contribution in [0.2, 0.25) is 5.02 Å². The Hall–Kier alpha value is -2.19. The van der Waals surface area contributed by atoms with E-state index >= 15 is 0 Å². The highest BCUT2D eigenvalue weighted by Gasteiger charge is 2.31. The summed E-state index contributed by atoms with van der Waals surface area (Å²) in [7, 11) is -3.59. The second-order valence-corrected chi connectivity index (χ2v) is 9.97. The van der Waals surface area contributed by atoms with E-state index in [1.807, 2.05) is 41.8 Å². The number of sulfonamides is 1. The van der Waals surface area contributed by atoms with Crippen LogP contribution in [-0.4, -0.2) is 49.7 Å². The third kappa shape index (κ3) is 4.09. The first kappa shape index (κ1) is 20.1. The number of halogens is 1. The number of hydrogen-bond donors (Lipinski definition) is 0. The molecular weight excluding hydrogens is 428 g/mol. The van der Waals surface area contributed by atoms with E-state index in [0.29, 0.717) is 23.0 Å². The van der Waals surface area contributed by atoms with E-state index in [1.165, 1.54) is 27.8 Å². The molecular formula is C21H19ClN2O3S2. The van der Waals surface area contributed by atoms with Crippen LogP contribution >= 0.6 is 22.9 Å². The Morgan fingerprint density at radius 3 is 2.21 bits per heavy atom. The summed E-state index contributed by atoms with van der Waals surface area (Å²) in [6.45, 7) is 1.25. The summed E-state index contributed by atoms with van der Waals surface area (Å²) in [4.78, 5) is 15.7. The first-order chi connectivity index (χ1) is 14.0. The summed E-state index contributed by atoms with van der Waals surface area (Å²) in [6, 6.07) is 17.9. The number of rotatable bonds is 4. The van der Waals surface area contributed by atoms with Crippen molar-refractivity contribution in [2.75, 3.05) is 26.2 Å². The van der Waals surface area contributed by atoms with Crippen LogP contribution in [0.4, 0.5) is 0 Å². The molecule has 1 aliphatic heterocycles. The van der Waals surface area contributed by atoms with Crippen molar-refractivity contribution in [3.8, 4) is 11.1 Å². The molecule has 0 atom stereocenters. The molecule has 0 spiro atoms. The van der Waals surface area contributed by atoms with Crippen molar-refractivity contribution in [3.63, 3.8) is 0 Å².